The third-order valence-corrected chi connectivity index (χ3v) is 5.97. The second kappa shape index (κ2) is 7.46. The normalized spacial score (nSPS) is 11.2. The number of imidazole rings is 1. The van der Waals surface area contributed by atoms with E-state index in [9.17, 15) is 19.8 Å². The minimum Gasteiger partial charge on any atom is -0.478 e. The van der Waals surface area contributed by atoms with Crippen molar-refractivity contribution >= 4 is 27.9 Å². The lowest BCUT2D eigenvalue weighted by Gasteiger charge is -2.13. The molecule has 0 bridgehead atoms. The van der Waals surface area contributed by atoms with E-state index in [1.54, 1.807) is 55.0 Å². The average Bonchev–Trinajstić information content (AvgIpc) is 3.15. The summed E-state index contributed by atoms with van der Waals surface area (Å²) < 4.78 is 7.66. The van der Waals surface area contributed by atoms with E-state index in [0.29, 0.717) is 27.1 Å². The van der Waals surface area contributed by atoms with E-state index in [0.717, 1.165) is 16.7 Å². The van der Waals surface area contributed by atoms with Crippen LogP contribution in [0.1, 0.15) is 37.9 Å². The molecular weight excluding hydrogens is 452 g/mol. The van der Waals surface area contributed by atoms with Crippen molar-refractivity contribution in [1.82, 2.24) is 9.55 Å². The Morgan fingerprint density at radius 3 is 2.50 bits per heavy atom. The lowest BCUT2D eigenvalue weighted by Crippen LogP contribution is -2.12. The minimum absolute atomic E-state index is 0.107. The topological polar surface area (TPSA) is 106 Å². The van der Waals surface area contributed by atoms with Crippen molar-refractivity contribution in [1.29, 1.82) is 0 Å². The molecule has 1 aromatic heterocycles. The Hall–Kier alpha value is -3.39. The van der Waals surface area contributed by atoms with E-state index in [2.05, 4.69) is 20.9 Å². The van der Waals surface area contributed by atoms with Crippen LogP contribution in [-0.4, -0.2) is 31.7 Å². The highest BCUT2D eigenvalue weighted by atomic mass is 79.9. The Labute approximate surface area is 180 Å². The van der Waals surface area contributed by atoms with Crippen molar-refractivity contribution in [2.75, 3.05) is 0 Å². The molecule has 0 amide bonds. The van der Waals surface area contributed by atoms with Crippen LogP contribution in [0, 0.1) is 13.8 Å². The minimum atomic E-state index is -1.06. The van der Waals surface area contributed by atoms with Crippen LogP contribution in [0.25, 0.3) is 22.3 Å². The fourth-order valence-corrected chi connectivity index (χ4v) is 4.63. The predicted molar refractivity (Wildman–Crippen MR) is 113 cm³/mol. The number of aromatic nitrogens is 2. The van der Waals surface area contributed by atoms with E-state index in [1.807, 2.05) is 0 Å². The van der Waals surface area contributed by atoms with Gasteiger partial charge in [-0.1, -0.05) is 18.2 Å². The fourth-order valence-electron chi connectivity index (χ4n) is 3.87. The molecule has 8 heteroatoms. The molecule has 2 heterocycles. The molecule has 2 aromatic rings. The summed E-state index contributed by atoms with van der Waals surface area (Å²) in [6.45, 7) is 3.62. The molecule has 30 heavy (non-hydrogen) atoms. The van der Waals surface area contributed by atoms with E-state index in [1.165, 1.54) is 6.26 Å². The van der Waals surface area contributed by atoms with E-state index < -0.39 is 11.9 Å². The zero-order valence-corrected chi connectivity index (χ0v) is 17.7. The molecular formula is C22H17BrN2O5. The number of rotatable bonds is 5. The van der Waals surface area contributed by atoms with Crippen molar-refractivity contribution in [3.8, 4) is 22.3 Å². The lowest BCUT2D eigenvalue weighted by molar-refractivity contribution is 0.0678. The van der Waals surface area contributed by atoms with Crippen LogP contribution >= 0.6 is 15.9 Å². The molecule has 0 radical (unpaired) electrons. The van der Waals surface area contributed by atoms with Gasteiger partial charge in [-0.05, 0) is 58.6 Å². The number of carboxylic acid groups (broad SMARTS) is 2. The maximum absolute atomic E-state index is 11.9. The summed E-state index contributed by atoms with van der Waals surface area (Å²) in [6.07, 6.45) is 3.12. The van der Waals surface area contributed by atoms with Crippen LogP contribution in [0.15, 0.2) is 51.7 Å². The Balaban J connectivity index is 2.03. The van der Waals surface area contributed by atoms with Crippen LogP contribution in [0.4, 0.5) is 0 Å². The third kappa shape index (κ3) is 3.09. The van der Waals surface area contributed by atoms with Gasteiger partial charge < -0.3 is 19.2 Å². The first-order valence-electron chi connectivity index (χ1n) is 9.07. The Kier molecular flexibility index (Phi) is 4.95. The zero-order valence-electron chi connectivity index (χ0n) is 16.1. The van der Waals surface area contributed by atoms with Crippen LogP contribution in [0.5, 0.6) is 0 Å². The maximum Gasteiger partial charge on any atom is 0.354 e. The molecule has 1 aliphatic heterocycles. The SMILES string of the molecule is Cc1nc(C)n(Cc2c3ccocc-3c(Br)c2-c2ccccc2C(=O)O)c1C(=O)O. The van der Waals surface area contributed by atoms with Crippen LogP contribution in [-0.2, 0) is 6.54 Å². The number of fused-ring (bicyclic) bond motifs is 1. The second-order valence-electron chi connectivity index (χ2n) is 6.89. The quantitative estimate of drug-likeness (QED) is 0.423. The van der Waals surface area contributed by atoms with Gasteiger partial charge in [0.05, 0.1) is 30.3 Å². The zero-order chi connectivity index (χ0) is 21.6. The first-order chi connectivity index (χ1) is 14.3. The third-order valence-electron chi connectivity index (χ3n) is 5.15. The maximum atomic E-state index is 11.9. The number of hydrogen-bond donors (Lipinski definition) is 2. The van der Waals surface area contributed by atoms with E-state index in [4.69, 9.17) is 4.42 Å². The van der Waals surface area contributed by atoms with Gasteiger partial charge in [0.25, 0.3) is 0 Å². The summed E-state index contributed by atoms with van der Waals surface area (Å²) in [5, 5.41) is 19.4. The number of aryl methyl sites for hydroxylation is 2. The molecule has 0 atom stereocenters. The van der Waals surface area contributed by atoms with Gasteiger partial charge in [0.2, 0.25) is 0 Å². The molecule has 2 N–H and O–H groups in total. The van der Waals surface area contributed by atoms with Gasteiger partial charge >= 0.3 is 11.9 Å². The van der Waals surface area contributed by atoms with Crippen molar-refractivity contribution in [2.24, 2.45) is 0 Å². The molecule has 0 spiro atoms. The van der Waals surface area contributed by atoms with Crippen molar-refractivity contribution in [2.45, 2.75) is 20.4 Å². The molecule has 2 aliphatic rings. The van der Waals surface area contributed by atoms with Gasteiger partial charge in [-0.2, -0.15) is 0 Å². The first-order valence-corrected chi connectivity index (χ1v) is 9.86. The predicted octanol–water partition coefficient (Wildman–Crippen LogP) is 5.07. The number of hydrogen-bond acceptors (Lipinski definition) is 4. The van der Waals surface area contributed by atoms with Crippen molar-refractivity contribution in [3.05, 3.63) is 75.7 Å². The first kappa shape index (κ1) is 19.9. The molecule has 0 saturated heterocycles. The molecule has 0 fully saturated rings. The van der Waals surface area contributed by atoms with E-state index >= 15 is 0 Å². The van der Waals surface area contributed by atoms with Gasteiger partial charge in [-0.15, -0.1) is 0 Å². The van der Waals surface area contributed by atoms with E-state index in [-0.39, 0.29) is 17.8 Å². The highest BCUT2D eigenvalue weighted by Gasteiger charge is 2.28. The van der Waals surface area contributed by atoms with Crippen LogP contribution in [0.3, 0.4) is 0 Å². The molecule has 1 aromatic carbocycles. The van der Waals surface area contributed by atoms with Gasteiger partial charge in [0.15, 0.2) is 5.69 Å². The molecule has 0 saturated carbocycles. The summed E-state index contributed by atoms with van der Waals surface area (Å²) in [4.78, 5) is 28.0. The highest BCUT2D eigenvalue weighted by molar-refractivity contribution is 9.10. The smallest absolute Gasteiger partial charge is 0.354 e. The number of carbonyl (C=O) groups is 2. The number of nitrogens with zero attached hydrogens (tertiary/aromatic N) is 2. The molecule has 1 aliphatic carbocycles. The molecule has 152 valence electrons. The summed E-state index contributed by atoms with van der Waals surface area (Å²) in [7, 11) is 0. The van der Waals surface area contributed by atoms with Gasteiger partial charge in [-0.25, -0.2) is 14.6 Å². The summed E-state index contributed by atoms with van der Waals surface area (Å²) >= 11 is 3.61. The molecule has 4 rings (SSSR count). The molecule has 7 nitrogen and oxygen atoms in total. The number of carboxylic acids is 2. The number of benzene rings is 1. The average molecular weight is 469 g/mol. The lowest BCUT2D eigenvalue weighted by atomic mass is 9.98. The number of aromatic carboxylic acids is 2. The van der Waals surface area contributed by atoms with Crippen LogP contribution < -0.4 is 0 Å². The van der Waals surface area contributed by atoms with Gasteiger partial charge in [-0.3, -0.25) is 0 Å². The summed E-state index contributed by atoms with van der Waals surface area (Å²) in [6, 6.07) is 8.53. The molecule has 0 unspecified atom stereocenters. The Morgan fingerprint density at radius 1 is 1.07 bits per heavy atom. The fraction of sp³-hybridized carbons (Fsp3) is 0.136. The van der Waals surface area contributed by atoms with Crippen LogP contribution in [0.2, 0.25) is 0 Å². The number of halogens is 1. The summed E-state index contributed by atoms with van der Waals surface area (Å²) in [5.74, 6) is -1.54. The van der Waals surface area contributed by atoms with Crippen molar-refractivity contribution < 1.29 is 24.2 Å². The largest absolute Gasteiger partial charge is 0.478 e. The van der Waals surface area contributed by atoms with Crippen molar-refractivity contribution in [3.63, 3.8) is 0 Å². The Bertz CT molecular complexity index is 1270. The second-order valence-corrected chi connectivity index (χ2v) is 7.68. The highest BCUT2D eigenvalue weighted by Crippen LogP contribution is 2.47. The monoisotopic (exact) mass is 468 g/mol. The summed E-state index contributed by atoms with van der Waals surface area (Å²) in [5.41, 5.74) is 4.31. The standard InChI is InChI=1S/C22H17BrN2O5/c1-11-20(22(28)29)25(12(2)24-11)9-16-13-7-8-30-10-17(13)19(23)18(16)14-5-3-4-6-15(14)21(26)27/h3-8,10H,9H2,1-2H3,(H,26,27)(H,28,29). The Morgan fingerprint density at radius 2 is 1.80 bits per heavy atom. The van der Waals surface area contributed by atoms with Gasteiger partial charge in [0, 0.05) is 15.6 Å². The van der Waals surface area contributed by atoms with Gasteiger partial charge in [0.1, 0.15) is 5.82 Å².